The smallest absolute Gasteiger partial charge is 0.417 e. The fourth-order valence-corrected chi connectivity index (χ4v) is 7.95. The lowest BCUT2D eigenvalue weighted by molar-refractivity contribution is 0.180. The maximum atomic E-state index is 12.6. The molecule has 6 heterocycles. The molecule has 2 atom stereocenters. The molecule has 0 bridgehead atoms. The molecule has 4 aromatic heterocycles. The summed E-state index contributed by atoms with van der Waals surface area (Å²) in [5.74, 6) is 1.48. The number of carbonyl (C=O) groups excluding carboxylic acids is 2. The van der Waals surface area contributed by atoms with Crippen LogP contribution in [-0.2, 0) is 0 Å². The Balaban J connectivity index is 0.000000248. The number of anilines is 2. The van der Waals surface area contributed by atoms with Crippen LogP contribution in [0.2, 0.25) is 20.1 Å². The third kappa shape index (κ3) is 18.2. The first kappa shape index (κ1) is 62.7. The number of aryl methyl sites for hydroxylation is 4. The molecule has 2 unspecified atom stereocenters. The number of hydrogen-bond acceptors (Lipinski definition) is 14. The Morgan fingerprint density at radius 3 is 1.62 bits per heavy atom. The van der Waals surface area contributed by atoms with Crippen molar-refractivity contribution in [2.24, 2.45) is 0 Å². The monoisotopic (exact) mass is 1180 g/mol. The Morgan fingerprint density at radius 2 is 1.20 bits per heavy atom. The second kappa shape index (κ2) is 30.8. The van der Waals surface area contributed by atoms with E-state index in [2.05, 4.69) is 52.4 Å². The lowest BCUT2D eigenvalue weighted by Crippen LogP contribution is -2.38. The number of amides is 3. The van der Waals surface area contributed by atoms with Gasteiger partial charge in [-0.2, -0.15) is 0 Å². The summed E-state index contributed by atoms with van der Waals surface area (Å²) in [4.78, 5) is 34.7. The molecular formula is C52H55Cl7N10O7. The fourth-order valence-electron chi connectivity index (χ4n) is 7.00. The van der Waals surface area contributed by atoms with Gasteiger partial charge in [0.25, 0.3) is 0 Å². The number of nitrogens with one attached hydrogen (secondary N) is 3. The Morgan fingerprint density at radius 1 is 0.697 bits per heavy atom. The van der Waals surface area contributed by atoms with Crippen LogP contribution in [0.15, 0.2) is 112 Å². The van der Waals surface area contributed by atoms with Gasteiger partial charge in [-0.3, -0.25) is 15.3 Å². The van der Waals surface area contributed by atoms with Gasteiger partial charge in [0.15, 0.2) is 12.2 Å². The third-order valence-corrected chi connectivity index (χ3v) is 12.3. The van der Waals surface area contributed by atoms with Crippen LogP contribution in [0.5, 0.6) is 5.75 Å². The zero-order chi connectivity index (χ0) is 53.3. The summed E-state index contributed by atoms with van der Waals surface area (Å²) in [7, 11) is 0. The van der Waals surface area contributed by atoms with E-state index in [1.807, 2.05) is 44.2 Å². The van der Waals surface area contributed by atoms with Gasteiger partial charge < -0.3 is 39.3 Å². The van der Waals surface area contributed by atoms with Gasteiger partial charge in [-0.25, -0.2) is 9.59 Å². The topological polar surface area (TPSA) is 227 Å². The Bertz CT molecular complexity index is 3090. The van der Waals surface area contributed by atoms with E-state index >= 15 is 0 Å². The van der Waals surface area contributed by atoms with Crippen molar-refractivity contribution < 1.29 is 33.4 Å². The highest BCUT2D eigenvalue weighted by atomic mass is 35.5. The standard InChI is InChI=1S/C22H21Cl2N5O3.C14H15ClN4O2.C14H12ClNO2.CH2Cl2.CH4.ClH/c1-12-3-4-16(10-17(12)23)26-22(31)29-7-5-14(6-8-29)19-18(24)9-15(11-25-19)20(30)21-28-27-13(2)32-21;1-8-18-19-14(21-8)13(20)10-6-11(15)12(17-7-10)9-2-4-16-5-3-9;1-10-7-8-11(9-13(10)15)16-14(17)18-12-5-3-2-4-6-12;2-1-3;;/h3-5,9-11,20,30H,6-8H2,1-2H3,(H,26,31);2,6-7,13,16,20H,3-5H2,1H3;2-9H,1H3,(H,16,17);1H2;1H4;1H. The largest absolute Gasteiger partial charge is 0.422 e. The summed E-state index contributed by atoms with van der Waals surface area (Å²) in [6.07, 6.45) is 5.95. The van der Waals surface area contributed by atoms with Gasteiger partial charge in [-0.15, -0.1) is 56.0 Å². The number of nitrogens with zero attached hydrogens (tertiary/aromatic N) is 7. The molecular weight excluding hydrogens is 1120 g/mol. The molecule has 7 aromatic rings. The average molecular weight is 1180 g/mol. The SMILES string of the molecule is C.Cc1ccc(NC(=O)Oc2ccccc2)cc1Cl.Cc1nnc(C(O)c2cnc(C3=CCN(C(=O)Nc4ccc(C)c(Cl)c4)CC3)c(Cl)c2)o1.Cc1nnc(C(O)c2cnc(C3=CCNCC3)c(Cl)c2)o1.Cl.ClCCl. The van der Waals surface area contributed by atoms with Crippen molar-refractivity contribution in [3.05, 3.63) is 181 Å². The second-order valence-electron chi connectivity index (χ2n) is 16.2. The minimum Gasteiger partial charge on any atom is -0.422 e. The molecule has 0 fully saturated rings. The molecule has 9 rings (SSSR count). The lowest BCUT2D eigenvalue weighted by Gasteiger charge is -2.27. The molecule has 2 aliphatic heterocycles. The van der Waals surface area contributed by atoms with E-state index in [1.165, 1.54) is 6.20 Å². The lowest BCUT2D eigenvalue weighted by atomic mass is 10.0. The van der Waals surface area contributed by atoms with Crippen molar-refractivity contribution in [2.75, 3.05) is 42.2 Å². The molecule has 0 radical (unpaired) electrons. The summed E-state index contributed by atoms with van der Waals surface area (Å²) in [6, 6.07) is 22.7. The first-order valence-electron chi connectivity index (χ1n) is 22.6. The van der Waals surface area contributed by atoms with Crippen molar-refractivity contribution in [3.8, 4) is 5.75 Å². The molecule has 76 heavy (non-hydrogen) atoms. The van der Waals surface area contributed by atoms with Gasteiger partial charge in [-0.05, 0) is 104 Å². The number of ether oxygens (including phenoxy) is 1. The molecule has 3 aromatic carbocycles. The van der Waals surface area contributed by atoms with Crippen LogP contribution in [0.25, 0.3) is 11.1 Å². The average Bonchev–Trinajstić information content (AvgIpc) is 4.04. The van der Waals surface area contributed by atoms with Gasteiger partial charge in [0, 0.05) is 78.4 Å². The van der Waals surface area contributed by atoms with Crippen LogP contribution in [0.1, 0.15) is 89.7 Å². The van der Waals surface area contributed by atoms with E-state index in [-0.39, 0.29) is 43.0 Å². The Labute approximate surface area is 476 Å². The van der Waals surface area contributed by atoms with E-state index < -0.39 is 18.3 Å². The van der Waals surface area contributed by atoms with Crippen molar-refractivity contribution >= 4 is 117 Å². The highest BCUT2D eigenvalue weighted by Crippen LogP contribution is 2.32. The van der Waals surface area contributed by atoms with Gasteiger partial charge in [-0.1, -0.05) is 96.3 Å². The number of urea groups is 1. The van der Waals surface area contributed by atoms with E-state index in [1.54, 1.807) is 79.5 Å². The summed E-state index contributed by atoms with van der Waals surface area (Å²) in [5, 5.41) is 46.7. The van der Waals surface area contributed by atoms with Crippen LogP contribution in [-0.4, -0.2) is 89.1 Å². The number of hydrogen-bond donors (Lipinski definition) is 5. The minimum atomic E-state index is -1.11. The van der Waals surface area contributed by atoms with E-state index in [0.717, 1.165) is 47.5 Å². The number of alkyl halides is 2. The fraction of sp³-hybridized carbons (Fsp3) is 0.269. The number of pyridine rings is 2. The zero-order valence-electron chi connectivity index (χ0n) is 40.7. The van der Waals surface area contributed by atoms with Crippen molar-refractivity contribution in [2.45, 2.75) is 60.2 Å². The van der Waals surface area contributed by atoms with Crippen molar-refractivity contribution in [1.82, 2.24) is 40.6 Å². The number of rotatable bonds is 9. The molecule has 0 saturated heterocycles. The Kier molecular flexibility index (Phi) is 25.4. The number of aliphatic hydroxyl groups excluding tert-OH is 2. The number of carbonyl (C=O) groups is 2. The molecule has 17 nitrogen and oxygen atoms in total. The van der Waals surface area contributed by atoms with E-state index in [9.17, 15) is 19.8 Å². The predicted octanol–water partition coefficient (Wildman–Crippen LogP) is 13.4. The quantitative estimate of drug-likeness (QED) is 0.0848. The molecule has 24 heteroatoms. The third-order valence-electron chi connectivity index (χ3n) is 10.9. The molecule has 0 aliphatic carbocycles. The van der Waals surface area contributed by atoms with Gasteiger partial charge >= 0.3 is 12.1 Å². The Hall–Kier alpha value is -5.83. The first-order valence-corrected chi connectivity index (χ1v) is 25.2. The van der Waals surface area contributed by atoms with E-state index in [0.29, 0.717) is 85.3 Å². The molecule has 404 valence electrons. The number of aliphatic hydroxyl groups is 2. The van der Waals surface area contributed by atoms with Crippen LogP contribution >= 0.6 is 82.0 Å². The zero-order valence-corrected chi connectivity index (χ0v) is 46.0. The van der Waals surface area contributed by atoms with Crippen LogP contribution < -0.4 is 20.7 Å². The van der Waals surface area contributed by atoms with Crippen LogP contribution in [0, 0.1) is 27.7 Å². The number of benzene rings is 3. The van der Waals surface area contributed by atoms with Crippen molar-refractivity contribution in [3.63, 3.8) is 0 Å². The first-order chi connectivity index (χ1) is 35.5. The molecule has 0 spiro atoms. The van der Waals surface area contributed by atoms with Crippen LogP contribution in [0.4, 0.5) is 21.0 Å². The van der Waals surface area contributed by atoms with Crippen LogP contribution in [0.3, 0.4) is 0 Å². The maximum absolute atomic E-state index is 12.6. The van der Waals surface area contributed by atoms with Gasteiger partial charge in [0.1, 0.15) is 5.75 Å². The normalized spacial score (nSPS) is 13.4. The predicted molar refractivity (Wildman–Crippen MR) is 302 cm³/mol. The maximum Gasteiger partial charge on any atom is 0.417 e. The van der Waals surface area contributed by atoms with E-state index in [4.69, 9.17) is 83.2 Å². The molecule has 5 N–H and O–H groups in total. The second-order valence-corrected chi connectivity index (χ2v) is 18.7. The number of para-hydroxylation sites is 1. The molecule has 0 saturated carbocycles. The summed E-state index contributed by atoms with van der Waals surface area (Å²) >= 11 is 34.4. The van der Waals surface area contributed by atoms with Crippen molar-refractivity contribution in [1.29, 1.82) is 0 Å². The number of halogens is 7. The summed E-state index contributed by atoms with van der Waals surface area (Å²) in [6.45, 7) is 9.78. The highest BCUT2D eigenvalue weighted by Gasteiger charge is 2.24. The summed E-state index contributed by atoms with van der Waals surface area (Å²) in [5.41, 5.74) is 7.58. The summed E-state index contributed by atoms with van der Waals surface area (Å²) < 4.78 is 15.6. The van der Waals surface area contributed by atoms with Gasteiger partial charge in [0.2, 0.25) is 23.6 Å². The minimum absolute atomic E-state index is 0. The number of aromatic nitrogens is 6. The highest BCUT2D eigenvalue weighted by molar-refractivity contribution is 6.40. The molecule has 2 aliphatic rings. The molecule has 3 amide bonds. The van der Waals surface area contributed by atoms with Gasteiger partial charge in [0.05, 0.1) is 26.8 Å².